The quantitative estimate of drug-likeness (QED) is 0.882. The first-order chi connectivity index (χ1) is 9.16. The Morgan fingerprint density at radius 2 is 2.32 bits per heavy atom. The van der Waals surface area contributed by atoms with Gasteiger partial charge in [0, 0.05) is 13.1 Å². The molecule has 0 aliphatic carbocycles. The van der Waals surface area contributed by atoms with Crippen LogP contribution in [0.25, 0.3) is 0 Å². The molecule has 2 rings (SSSR count). The Hall–Kier alpha value is -1.13. The van der Waals surface area contributed by atoms with Crippen molar-refractivity contribution >= 4 is 5.82 Å². The Balaban J connectivity index is 1.98. The average Bonchev–Trinajstić information content (AvgIpc) is 2.39. The molecule has 0 saturated carbocycles. The van der Waals surface area contributed by atoms with Crippen LogP contribution in [0.3, 0.4) is 0 Å². The zero-order chi connectivity index (χ0) is 13.7. The molecule has 1 aromatic heterocycles. The largest absolute Gasteiger partial charge is 0.377 e. The van der Waals surface area contributed by atoms with Crippen LogP contribution in [0.15, 0.2) is 18.2 Å². The molecular formula is C15H25N3O. The number of aromatic nitrogens is 1. The maximum absolute atomic E-state index is 5.47. The fourth-order valence-electron chi connectivity index (χ4n) is 2.28. The molecule has 1 atom stereocenters. The molecule has 1 aliphatic heterocycles. The molecule has 0 radical (unpaired) electrons. The van der Waals surface area contributed by atoms with Crippen LogP contribution in [-0.4, -0.2) is 37.3 Å². The van der Waals surface area contributed by atoms with Crippen LogP contribution in [-0.2, 0) is 11.3 Å². The summed E-state index contributed by atoms with van der Waals surface area (Å²) in [4.78, 5) is 7.08. The van der Waals surface area contributed by atoms with Gasteiger partial charge in [0.15, 0.2) is 0 Å². The van der Waals surface area contributed by atoms with Gasteiger partial charge >= 0.3 is 0 Å². The molecule has 0 amide bonds. The van der Waals surface area contributed by atoms with Gasteiger partial charge in [-0.05, 0) is 31.5 Å². The number of anilines is 1. The molecule has 1 N–H and O–H groups in total. The number of hydrogen-bond acceptors (Lipinski definition) is 4. The number of hydrogen-bond donors (Lipinski definition) is 1. The molecule has 4 nitrogen and oxygen atoms in total. The van der Waals surface area contributed by atoms with Gasteiger partial charge in [-0.25, -0.2) is 4.98 Å². The van der Waals surface area contributed by atoms with Crippen LogP contribution in [0.5, 0.6) is 0 Å². The number of nitrogens with zero attached hydrogens (tertiary/aromatic N) is 2. The lowest BCUT2D eigenvalue weighted by Gasteiger charge is -2.34. The van der Waals surface area contributed by atoms with Gasteiger partial charge < -0.3 is 15.0 Å². The van der Waals surface area contributed by atoms with Crippen LogP contribution >= 0.6 is 0 Å². The van der Waals surface area contributed by atoms with E-state index in [0.717, 1.165) is 44.4 Å². The summed E-state index contributed by atoms with van der Waals surface area (Å²) >= 11 is 0. The van der Waals surface area contributed by atoms with Crippen molar-refractivity contribution in [3.63, 3.8) is 0 Å². The number of morpholine rings is 1. The van der Waals surface area contributed by atoms with Crippen molar-refractivity contribution in [2.24, 2.45) is 5.92 Å². The highest BCUT2D eigenvalue weighted by Crippen LogP contribution is 2.17. The Morgan fingerprint density at radius 1 is 1.47 bits per heavy atom. The highest BCUT2D eigenvalue weighted by atomic mass is 16.5. The van der Waals surface area contributed by atoms with Gasteiger partial charge in [0.25, 0.3) is 0 Å². The second-order valence-corrected chi connectivity index (χ2v) is 5.63. The van der Waals surface area contributed by atoms with Crippen LogP contribution < -0.4 is 10.2 Å². The van der Waals surface area contributed by atoms with Crippen molar-refractivity contribution in [2.75, 3.05) is 31.2 Å². The molecule has 106 valence electrons. The predicted octanol–water partition coefficient (Wildman–Crippen LogP) is 2.05. The fourth-order valence-corrected chi connectivity index (χ4v) is 2.28. The topological polar surface area (TPSA) is 37.4 Å². The first kappa shape index (κ1) is 14.3. The molecule has 1 aromatic rings. The standard InChI is InChI=1S/C15H25N3O/c1-12(2)9-16-10-14-5-4-6-15(17-14)18-7-8-19-11-13(18)3/h4-6,12-13,16H,7-11H2,1-3H3. The molecular weight excluding hydrogens is 238 g/mol. The van der Waals surface area contributed by atoms with Crippen LogP contribution in [0.4, 0.5) is 5.82 Å². The third-order valence-corrected chi connectivity index (χ3v) is 3.31. The third-order valence-electron chi connectivity index (χ3n) is 3.31. The molecule has 0 aromatic carbocycles. The van der Waals surface area contributed by atoms with Gasteiger partial charge in [-0.1, -0.05) is 19.9 Å². The smallest absolute Gasteiger partial charge is 0.129 e. The van der Waals surface area contributed by atoms with E-state index in [1.54, 1.807) is 0 Å². The SMILES string of the molecule is CC(C)CNCc1cccc(N2CCOCC2C)n1. The Labute approximate surface area is 116 Å². The average molecular weight is 263 g/mol. The van der Waals surface area contributed by atoms with Crippen LogP contribution in [0, 0.1) is 5.92 Å². The maximum Gasteiger partial charge on any atom is 0.129 e. The van der Waals surface area contributed by atoms with Gasteiger partial charge in [-0.3, -0.25) is 0 Å². The molecule has 4 heteroatoms. The van der Waals surface area contributed by atoms with E-state index in [0.29, 0.717) is 12.0 Å². The molecule has 1 aliphatic rings. The lowest BCUT2D eigenvalue weighted by atomic mass is 10.2. The number of rotatable bonds is 5. The third kappa shape index (κ3) is 4.18. The second kappa shape index (κ2) is 6.87. The van der Waals surface area contributed by atoms with Gasteiger partial charge in [0.05, 0.1) is 24.9 Å². The van der Waals surface area contributed by atoms with Crippen molar-refractivity contribution in [2.45, 2.75) is 33.4 Å². The minimum absolute atomic E-state index is 0.403. The Morgan fingerprint density at radius 3 is 3.05 bits per heavy atom. The van der Waals surface area contributed by atoms with E-state index in [4.69, 9.17) is 9.72 Å². The lowest BCUT2D eigenvalue weighted by Crippen LogP contribution is -2.44. The monoisotopic (exact) mass is 263 g/mol. The Bertz CT molecular complexity index is 395. The summed E-state index contributed by atoms with van der Waals surface area (Å²) in [7, 11) is 0. The highest BCUT2D eigenvalue weighted by molar-refractivity contribution is 5.40. The molecule has 1 unspecified atom stereocenters. The van der Waals surface area contributed by atoms with E-state index >= 15 is 0 Å². The van der Waals surface area contributed by atoms with E-state index in [1.165, 1.54) is 0 Å². The van der Waals surface area contributed by atoms with Gasteiger partial charge in [-0.2, -0.15) is 0 Å². The van der Waals surface area contributed by atoms with Crippen LogP contribution in [0.2, 0.25) is 0 Å². The highest BCUT2D eigenvalue weighted by Gasteiger charge is 2.19. The van der Waals surface area contributed by atoms with E-state index in [1.807, 2.05) is 0 Å². The van der Waals surface area contributed by atoms with Crippen molar-refractivity contribution in [3.8, 4) is 0 Å². The van der Waals surface area contributed by atoms with E-state index in [9.17, 15) is 0 Å². The van der Waals surface area contributed by atoms with Crippen molar-refractivity contribution in [1.82, 2.24) is 10.3 Å². The molecule has 1 saturated heterocycles. The molecule has 1 fully saturated rings. The summed E-state index contributed by atoms with van der Waals surface area (Å²) in [5, 5.41) is 3.44. The number of ether oxygens (including phenoxy) is 1. The summed E-state index contributed by atoms with van der Waals surface area (Å²) in [6.45, 7) is 11.0. The minimum Gasteiger partial charge on any atom is -0.377 e. The number of pyridine rings is 1. The van der Waals surface area contributed by atoms with E-state index < -0.39 is 0 Å². The number of nitrogens with one attached hydrogen (secondary N) is 1. The maximum atomic E-state index is 5.47. The van der Waals surface area contributed by atoms with E-state index in [2.05, 4.69) is 49.2 Å². The summed E-state index contributed by atoms with van der Waals surface area (Å²) in [6.07, 6.45) is 0. The molecule has 0 bridgehead atoms. The lowest BCUT2D eigenvalue weighted by molar-refractivity contribution is 0.0985. The first-order valence-electron chi connectivity index (χ1n) is 7.18. The normalized spacial score (nSPS) is 20.0. The van der Waals surface area contributed by atoms with Crippen molar-refractivity contribution < 1.29 is 4.74 Å². The minimum atomic E-state index is 0.403. The van der Waals surface area contributed by atoms with Gasteiger partial charge in [-0.15, -0.1) is 0 Å². The first-order valence-corrected chi connectivity index (χ1v) is 7.18. The zero-order valence-corrected chi connectivity index (χ0v) is 12.2. The van der Waals surface area contributed by atoms with Crippen molar-refractivity contribution in [3.05, 3.63) is 23.9 Å². The zero-order valence-electron chi connectivity index (χ0n) is 12.2. The summed E-state index contributed by atoms with van der Waals surface area (Å²) in [5.41, 5.74) is 1.11. The predicted molar refractivity (Wildman–Crippen MR) is 78.4 cm³/mol. The van der Waals surface area contributed by atoms with E-state index in [-0.39, 0.29) is 0 Å². The molecule has 0 spiro atoms. The van der Waals surface area contributed by atoms with Gasteiger partial charge in [0.2, 0.25) is 0 Å². The van der Waals surface area contributed by atoms with Gasteiger partial charge in [0.1, 0.15) is 5.82 Å². The van der Waals surface area contributed by atoms with Crippen molar-refractivity contribution in [1.29, 1.82) is 0 Å². The summed E-state index contributed by atoms with van der Waals surface area (Å²) in [5.74, 6) is 1.74. The fraction of sp³-hybridized carbons (Fsp3) is 0.667. The molecule has 19 heavy (non-hydrogen) atoms. The summed E-state index contributed by atoms with van der Waals surface area (Å²) < 4.78 is 5.47. The summed E-state index contributed by atoms with van der Waals surface area (Å²) in [6, 6.07) is 6.67. The van der Waals surface area contributed by atoms with Crippen LogP contribution in [0.1, 0.15) is 26.5 Å². The Kier molecular flexibility index (Phi) is 5.16. The molecule has 2 heterocycles. The second-order valence-electron chi connectivity index (χ2n) is 5.63.